The number of hydrogen-bond donors (Lipinski definition) is 0. The molecular weight excluding hydrogens is 308 g/mol. The predicted molar refractivity (Wildman–Crippen MR) is 95.9 cm³/mol. The van der Waals surface area contributed by atoms with Crippen LogP contribution >= 0.6 is 0 Å². The molecule has 5 heteroatoms. The fourth-order valence-electron chi connectivity index (χ4n) is 2.49. The quantitative estimate of drug-likeness (QED) is 0.618. The van der Waals surface area contributed by atoms with Crippen molar-refractivity contribution in [1.29, 1.82) is 0 Å². The van der Waals surface area contributed by atoms with E-state index in [1.54, 1.807) is 0 Å². The maximum absolute atomic E-state index is 6.00. The molecule has 0 N–H and O–H groups in total. The van der Waals surface area contributed by atoms with Gasteiger partial charge in [-0.15, -0.1) is 0 Å². The molecule has 23 heavy (non-hydrogen) atoms. The largest absolute Gasteiger partial charge is 0.508 e. The molecule has 0 aliphatic rings. The summed E-state index contributed by atoms with van der Waals surface area (Å²) in [6.45, 7) is 15.9. The lowest BCUT2D eigenvalue weighted by molar-refractivity contribution is 0.0633. The van der Waals surface area contributed by atoms with Gasteiger partial charge in [-0.25, -0.2) is 0 Å². The van der Waals surface area contributed by atoms with Crippen LogP contribution in [0.1, 0.15) is 59.6 Å². The van der Waals surface area contributed by atoms with Gasteiger partial charge < -0.3 is 18.0 Å². The Morgan fingerprint density at radius 1 is 0.870 bits per heavy atom. The average molecular weight is 341 g/mol. The molecule has 0 aliphatic heterocycles. The Balaban J connectivity index is 3.00. The molecule has 0 aliphatic carbocycles. The van der Waals surface area contributed by atoms with E-state index in [0.29, 0.717) is 19.8 Å². The lowest BCUT2D eigenvalue weighted by Gasteiger charge is -2.33. The van der Waals surface area contributed by atoms with Crippen LogP contribution in [-0.2, 0) is 13.3 Å². The molecule has 0 spiro atoms. The second kappa shape index (κ2) is 8.83. The zero-order valence-corrected chi connectivity index (χ0v) is 16.6. The van der Waals surface area contributed by atoms with Gasteiger partial charge in [0.1, 0.15) is 11.4 Å². The molecule has 0 fully saturated rings. The topological polar surface area (TPSA) is 36.9 Å². The third-order valence-electron chi connectivity index (χ3n) is 3.37. The normalized spacial score (nSPS) is 13.9. The van der Waals surface area contributed by atoms with Gasteiger partial charge in [0.05, 0.1) is 5.54 Å². The van der Waals surface area contributed by atoms with Crippen LogP contribution in [0.4, 0.5) is 0 Å². The van der Waals surface area contributed by atoms with Crippen LogP contribution in [0.5, 0.6) is 5.75 Å². The monoisotopic (exact) mass is 340 g/mol. The second-order valence-corrected chi connectivity index (χ2v) is 9.35. The van der Waals surface area contributed by atoms with Crippen LogP contribution in [0, 0.1) is 0 Å². The molecule has 0 heterocycles. The first-order valence-corrected chi connectivity index (χ1v) is 10.3. The maximum Gasteiger partial charge on any atom is 0.508 e. The molecule has 0 bridgehead atoms. The molecule has 0 saturated heterocycles. The molecule has 1 unspecified atom stereocenters. The average Bonchev–Trinajstić information content (AvgIpc) is 2.46. The molecule has 0 amide bonds. The summed E-state index contributed by atoms with van der Waals surface area (Å²) in [5.74, 6) is 0.866. The van der Waals surface area contributed by atoms with Gasteiger partial charge in [-0.1, -0.05) is 19.1 Å². The van der Waals surface area contributed by atoms with E-state index >= 15 is 0 Å². The summed E-state index contributed by atoms with van der Waals surface area (Å²) in [5, 5.41) is 0. The molecule has 1 aromatic carbocycles. The zero-order valence-electron chi connectivity index (χ0n) is 15.6. The van der Waals surface area contributed by atoms with Gasteiger partial charge in [-0.3, -0.25) is 0 Å². The van der Waals surface area contributed by atoms with Crippen LogP contribution in [-0.4, -0.2) is 34.2 Å². The molecule has 1 aromatic rings. The van der Waals surface area contributed by atoms with Crippen LogP contribution in [0.2, 0.25) is 0 Å². The molecule has 0 aromatic heterocycles. The lowest BCUT2D eigenvalue weighted by Crippen LogP contribution is -2.51. The first-order chi connectivity index (χ1) is 10.8. The number of benzene rings is 1. The standard InChI is InChI=1S/C18H32O4Si/c1-8-19-23(20-9-2,21-10-3)15(4)16-11-13-17(14-12-16)22-18(5,6)7/h11-15H,8-10H2,1-7H3. The van der Waals surface area contributed by atoms with Gasteiger partial charge in [0.15, 0.2) is 0 Å². The minimum Gasteiger partial charge on any atom is -0.488 e. The fraction of sp³-hybridized carbons (Fsp3) is 0.667. The summed E-state index contributed by atoms with van der Waals surface area (Å²) in [6, 6.07) is 8.15. The van der Waals surface area contributed by atoms with E-state index in [-0.39, 0.29) is 11.1 Å². The van der Waals surface area contributed by atoms with E-state index in [4.69, 9.17) is 18.0 Å². The minimum atomic E-state index is -2.74. The van der Waals surface area contributed by atoms with E-state index in [9.17, 15) is 0 Å². The summed E-state index contributed by atoms with van der Waals surface area (Å²) < 4.78 is 23.9. The molecular formula is C18H32O4Si. The van der Waals surface area contributed by atoms with E-state index in [0.717, 1.165) is 11.3 Å². The van der Waals surface area contributed by atoms with Crippen molar-refractivity contribution in [2.45, 2.75) is 59.6 Å². The van der Waals surface area contributed by atoms with E-state index in [1.165, 1.54) is 0 Å². The van der Waals surface area contributed by atoms with Crippen molar-refractivity contribution in [2.75, 3.05) is 19.8 Å². The maximum atomic E-state index is 6.00. The Kier molecular flexibility index (Phi) is 7.74. The second-order valence-electron chi connectivity index (χ2n) is 6.41. The number of rotatable bonds is 9. The Hall–Kier alpha value is -0.883. The van der Waals surface area contributed by atoms with Gasteiger partial charge in [0.2, 0.25) is 0 Å². The summed E-state index contributed by atoms with van der Waals surface area (Å²) in [5.41, 5.74) is 1.02. The predicted octanol–water partition coefficient (Wildman–Crippen LogP) is 4.56. The molecule has 4 nitrogen and oxygen atoms in total. The van der Waals surface area contributed by atoms with Crippen molar-refractivity contribution in [3.8, 4) is 5.75 Å². The third kappa shape index (κ3) is 5.92. The summed E-state index contributed by atoms with van der Waals surface area (Å²) >= 11 is 0. The molecule has 132 valence electrons. The van der Waals surface area contributed by atoms with E-state index in [2.05, 4.69) is 19.1 Å². The Labute approximate surface area is 142 Å². The summed E-state index contributed by atoms with van der Waals surface area (Å²) in [4.78, 5) is 0. The third-order valence-corrected chi connectivity index (χ3v) is 6.84. The highest BCUT2D eigenvalue weighted by Crippen LogP contribution is 2.31. The van der Waals surface area contributed by atoms with Crippen LogP contribution in [0.15, 0.2) is 24.3 Å². The van der Waals surface area contributed by atoms with Crippen LogP contribution in [0.3, 0.4) is 0 Å². The number of hydrogen-bond acceptors (Lipinski definition) is 4. The van der Waals surface area contributed by atoms with Gasteiger partial charge in [0, 0.05) is 19.8 Å². The molecule has 0 radical (unpaired) electrons. The Morgan fingerprint density at radius 3 is 1.65 bits per heavy atom. The molecule has 1 rings (SSSR count). The lowest BCUT2D eigenvalue weighted by atomic mass is 10.1. The first-order valence-electron chi connectivity index (χ1n) is 8.48. The minimum absolute atomic E-state index is 0.0750. The van der Waals surface area contributed by atoms with Crippen molar-refractivity contribution < 1.29 is 18.0 Å². The smallest absolute Gasteiger partial charge is 0.488 e. The highest BCUT2D eigenvalue weighted by atomic mass is 28.4. The zero-order chi connectivity index (χ0) is 17.5. The van der Waals surface area contributed by atoms with Crippen LogP contribution < -0.4 is 4.74 Å². The van der Waals surface area contributed by atoms with Gasteiger partial charge in [0.25, 0.3) is 0 Å². The van der Waals surface area contributed by atoms with Crippen molar-refractivity contribution >= 4 is 8.80 Å². The van der Waals surface area contributed by atoms with Gasteiger partial charge in [-0.2, -0.15) is 0 Å². The highest BCUT2D eigenvalue weighted by Gasteiger charge is 2.47. The highest BCUT2D eigenvalue weighted by molar-refractivity contribution is 6.62. The van der Waals surface area contributed by atoms with Crippen molar-refractivity contribution in [3.05, 3.63) is 29.8 Å². The van der Waals surface area contributed by atoms with Crippen molar-refractivity contribution in [1.82, 2.24) is 0 Å². The summed E-state index contributed by atoms with van der Waals surface area (Å²) in [6.07, 6.45) is 0. The van der Waals surface area contributed by atoms with Crippen molar-refractivity contribution in [3.63, 3.8) is 0 Å². The number of ether oxygens (including phenoxy) is 1. The Bertz CT molecular complexity index is 436. The van der Waals surface area contributed by atoms with Gasteiger partial charge in [-0.05, 0) is 59.2 Å². The summed E-state index contributed by atoms with van der Waals surface area (Å²) in [7, 11) is -2.74. The van der Waals surface area contributed by atoms with E-state index < -0.39 is 8.80 Å². The Morgan fingerprint density at radius 2 is 1.30 bits per heavy atom. The molecule has 0 saturated carbocycles. The van der Waals surface area contributed by atoms with Crippen LogP contribution in [0.25, 0.3) is 0 Å². The fourth-order valence-corrected chi connectivity index (χ4v) is 5.29. The first kappa shape index (κ1) is 20.2. The SMILES string of the molecule is CCO[Si](OCC)(OCC)C(C)c1ccc(OC(C)(C)C)cc1. The van der Waals surface area contributed by atoms with Crippen molar-refractivity contribution in [2.24, 2.45) is 0 Å². The molecule has 1 atom stereocenters. The van der Waals surface area contributed by atoms with E-state index in [1.807, 2.05) is 53.7 Å². The van der Waals surface area contributed by atoms with Gasteiger partial charge >= 0.3 is 8.80 Å².